The highest BCUT2D eigenvalue weighted by Gasteiger charge is 2.31. The lowest BCUT2D eigenvalue weighted by Crippen LogP contribution is -2.47. The molecule has 1 aliphatic heterocycles. The zero-order chi connectivity index (χ0) is 22.3. The van der Waals surface area contributed by atoms with Gasteiger partial charge in [-0.25, -0.2) is 0 Å². The van der Waals surface area contributed by atoms with Gasteiger partial charge in [-0.15, -0.1) is 13.2 Å². The first-order chi connectivity index (χ1) is 14.1. The molecule has 2 rings (SSSR count). The first-order valence-corrected chi connectivity index (χ1v) is 9.62. The molecule has 1 heterocycles. The van der Waals surface area contributed by atoms with Gasteiger partial charge < -0.3 is 19.3 Å². The Labute approximate surface area is 172 Å². The van der Waals surface area contributed by atoms with Crippen LogP contribution in [0.5, 0.6) is 5.75 Å². The van der Waals surface area contributed by atoms with Gasteiger partial charge in [-0.2, -0.15) is 0 Å². The fourth-order valence-electron chi connectivity index (χ4n) is 3.17. The van der Waals surface area contributed by atoms with E-state index in [-0.39, 0.29) is 55.6 Å². The van der Waals surface area contributed by atoms with Gasteiger partial charge in [0.05, 0.1) is 25.5 Å². The van der Waals surface area contributed by atoms with Crippen LogP contribution in [0.15, 0.2) is 24.3 Å². The molecule has 0 radical (unpaired) electrons. The van der Waals surface area contributed by atoms with Crippen LogP contribution in [0, 0.1) is 5.92 Å². The number of carbonyl (C=O) groups is 3. The van der Waals surface area contributed by atoms with Crippen LogP contribution in [0.4, 0.5) is 13.2 Å². The highest BCUT2D eigenvalue weighted by Crippen LogP contribution is 2.23. The van der Waals surface area contributed by atoms with Crippen LogP contribution in [0.25, 0.3) is 0 Å². The number of nitrogens with zero attached hydrogens (tertiary/aromatic N) is 2. The standard InChI is InChI=1S/C20H25F3N2O5/c1-3-29-19(28)15-5-4-10-25(12-15)18(27)13-24(2)17(26)11-14-6-8-16(9-7-14)30-20(21,22)23/h6-9,15H,3-5,10-13H2,1-2H3. The molecular formula is C20H25F3N2O5. The number of hydrogen-bond acceptors (Lipinski definition) is 5. The second-order valence-corrected chi connectivity index (χ2v) is 7.05. The molecule has 1 aliphatic rings. The Balaban J connectivity index is 1.86. The van der Waals surface area contributed by atoms with Gasteiger partial charge >= 0.3 is 12.3 Å². The number of ether oxygens (including phenoxy) is 2. The number of piperidine rings is 1. The summed E-state index contributed by atoms with van der Waals surface area (Å²) in [5.74, 6) is -1.68. The van der Waals surface area contributed by atoms with E-state index in [1.807, 2.05) is 0 Å². The second-order valence-electron chi connectivity index (χ2n) is 7.05. The Morgan fingerprint density at radius 3 is 2.47 bits per heavy atom. The molecule has 1 saturated heterocycles. The van der Waals surface area contributed by atoms with Crippen molar-refractivity contribution in [2.24, 2.45) is 5.92 Å². The number of esters is 1. The third kappa shape index (κ3) is 7.23. The molecular weight excluding hydrogens is 405 g/mol. The van der Waals surface area contributed by atoms with E-state index in [0.29, 0.717) is 24.9 Å². The van der Waals surface area contributed by atoms with E-state index < -0.39 is 6.36 Å². The summed E-state index contributed by atoms with van der Waals surface area (Å²) in [6, 6.07) is 4.99. The van der Waals surface area contributed by atoms with E-state index in [0.717, 1.165) is 12.1 Å². The Bertz CT molecular complexity index is 752. The van der Waals surface area contributed by atoms with Crippen molar-refractivity contribution in [3.05, 3.63) is 29.8 Å². The summed E-state index contributed by atoms with van der Waals surface area (Å²) >= 11 is 0. The molecule has 1 aromatic carbocycles. The van der Waals surface area contributed by atoms with Crippen LogP contribution in [0.3, 0.4) is 0 Å². The Kier molecular flexibility index (Phi) is 8.08. The maximum Gasteiger partial charge on any atom is 0.573 e. The lowest BCUT2D eigenvalue weighted by atomic mass is 9.98. The number of rotatable bonds is 7. The average molecular weight is 430 g/mol. The van der Waals surface area contributed by atoms with Crippen molar-refractivity contribution in [3.8, 4) is 5.75 Å². The molecule has 0 aliphatic carbocycles. The number of hydrogen-bond donors (Lipinski definition) is 0. The van der Waals surface area contributed by atoms with E-state index in [2.05, 4.69) is 4.74 Å². The van der Waals surface area contributed by atoms with Crippen molar-refractivity contribution in [1.82, 2.24) is 9.80 Å². The summed E-state index contributed by atoms with van der Waals surface area (Å²) < 4.78 is 45.4. The maximum absolute atomic E-state index is 12.5. The minimum atomic E-state index is -4.78. The van der Waals surface area contributed by atoms with Crippen molar-refractivity contribution >= 4 is 17.8 Å². The molecule has 0 N–H and O–H groups in total. The van der Waals surface area contributed by atoms with Crippen molar-refractivity contribution in [1.29, 1.82) is 0 Å². The maximum atomic E-state index is 12.5. The smallest absolute Gasteiger partial charge is 0.466 e. The largest absolute Gasteiger partial charge is 0.573 e. The lowest BCUT2D eigenvalue weighted by Gasteiger charge is -2.32. The highest BCUT2D eigenvalue weighted by molar-refractivity contribution is 5.86. The van der Waals surface area contributed by atoms with Gasteiger partial charge in [0.2, 0.25) is 11.8 Å². The number of carbonyl (C=O) groups excluding carboxylic acids is 3. The summed E-state index contributed by atoms with van der Waals surface area (Å²) in [6.07, 6.45) is -3.51. The van der Waals surface area contributed by atoms with E-state index >= 15 is 0 Å². The third-order valence-corrected chi connectivity index (χ3v) is 4.70. The Morgan fingerprint density at radius 2 is 1.87 bits per heavy atom. The molecule has 7 nitrogen and oxygen atoms in total. The Morgan fingerprint density at radius 1 is 1.20 bits per heavy atom. The number of alkyl halides is 3. The molecule has 1 fully saturated rings. The summed E-state index contributed by atoms with van der Waals surface area (Å²) in [5, 5.41) is 0. The van der Waals surface area contributed by atoms with E-state index in [1.54, 1.807) is 11.8 Å². The van der Waals surface area contributed by atoms with E-state index in [4.69, 9.17) is 4.74 Å². The zero-order valence-electron chi connectivity index (χ0n) is 16.9. The van der Waals surface area contributed by atoms with Gasteiger partial charge in [-0.1, -0.05) is 12.1 Å². The quantitative estimate of drug-likeness (QED) is 0.621. The molecule has 0 saturated carbocycles. The summed E-state index contributed by atoms with van der Waals surface area (Å²) in [6.45, 7) is 2.63. The highest BCUT2D eigenvalue weighted by atomic mass is 19.4. The van der Waals surface area contributed by atoms with Gasteiger partial charge in [-0.05, 0) is 37.5 Å². The van der Waals surface area contributed by atoms with E-state index in [9.17, 15) is 27.6 Å². The molecule has 10 heteroatoms. The van der Waals surface area contributed by atoms with Crippen LogP contribution < -0.4 is 4.74 Å². The van der Waals surface area contributed by atoms with Gasteiger partial charge in [0, 0.05) is 20.1 Å². The minimum absolute atomic E-state index is 0.0679. The fourth-order valence-corrected chi connectivity index (χ4v) is 3.17. The Hall–Kier alpha value is -2.78. The van der Waals surface area contributed by atoms with Gasteiger partial charge in [0.1, 0.15) is 5.75 Å². The molecule has 166 valence electrons. The minimum Gasteiger partial charge on any atom is -0.466 e. The summed E-state index contributed by atoms with van der Waals surface area (Å²) in [5.41, 5.74) is 0.495. The van der Waals surface area contributed by atoms with Crippen molar-refractivity contribution in [2.45, 2.75) is 32.5 Å². The fraction of sp³-hybridized carbons (Fsp3) is 0.550. The number of amides is 2. The molecule has 0 aromatic heterocycles. The second kappa shape index (κ2) is 10.3. The molecule has 30 heavy (non-hydrogen) atoms. The predicted molar refractivity (Wildman–Crippen MR) is 100 cm³/mol. The normalized spacial score (nSPS) is 16.7. The molecule has 0 bridgehead atoms. The summed E-state index contributed by atoms with van der Waals surface area (Å²) in [7, 11) is 1.48. The molecule has 0 spiro atoms. The number of halogens is 3. The van der Waals surface area contributed by atoms with Crippen LogP contribution >= 0.6 is 0 Å². The first-order valence-electron chi connectivity index (χ1n) is 9.62. The molecule has 1 atom stereocenters. The first kappa shape index (κ1) is 23.5. The van der Waals surface area contributed by atoms with E-state index in [1.165, 1.54) is 24.1 Å². The van der Waals surface area contributed by atoms with Crippen LogP contribution in [0.2, 0.25) is 0 Å². The average Bonchev–Trinajstić information content (AvgIpc) is 2.68. The topological polar surface area (TPSA) is 76.2 Å². The molecule has 1 unspecified atom stereocenters. The zero-order valence-corrected chi connectivity index (χ0v) is 16.9. The van der Waals surface area contributed by atoms with Gasteiger partial charge in [-0.3, -0.25) is 14.4 Å². The monoisotopic (exact) mass is 430 g/mol. The lowest BCUT2D eigenvalue weighted by molar-refractivity contribution is -0.274. The van der Waals surface area contributed by atoms with Crippen LogP contribution in [-0.4, -0.2) is 67.2 Å². The van der Waals surface area contributed by atoms with Crippen molar-refractivity contribution < 1.29 is 37.0 Å². The SMILES string of the molecule is CCOC(=O)C1CCCN(C(=O)CN(C)C(=O)Cc2ccc(OC(F)(F)F)cc2)C1. The third-order valence-electron chi connectivity index (χ3n) is 4.70. The van der Waals surface area contributed by atoms with Crippen molar-refractivity contribution in [3.63, 3.8) is 0 Å². The van der Waals surface area contributed by atoms with Crippen LogP contribution in [0.1, 0.15) is 25.3 Å². The number of likely N-dealkylation sites (tertiary alicyclic amines) is 1. The van der Waals surface area contributed by atoms with Crippen LogP contribution in [-0.2, 0) is 25.5 Å². The molecule has 1 aromatic rings. The predicted octanol–water partition coefficient (Wildman–Crippen LogP) is 2.39. The number of benzene rings is 1. The van der Waals surface area contributed by atoms with Gasteiger partial charge in [0.25, 0.3) is 0 Å². The number of likely N-dealkylation sites (N-methyl/N-ethyl adjacent to an activating group) is 1. The van der Waals surface area contributed by atoms with Crippen molar-refractivity contribution in [2.75, 3.05) is 33.3 Å². The summed E-state index contributed by atoms with van der Waals surface area (Å²) in [4.78, 5) is 39.6. The molecule has 2 amide bonds. The van der Waals surface area contributed by atoms with Gasteiger partial charge in [0.15, 0.2) is 0 Å².